The Bertz CT molecular complexity index is 449. The summed E-state index contributed by atoms with van der Waals surface area (Å²) in [5.74, 6) is -0.350. The number of carbonyl (C=O) groups excluding carboxylic acids is 2. The molecule has 0 saturated carbocycles. The highest BCUT2D eigenvalue weighted by molar-refractivity contribution is 8.00. The Hall–Kier alpha value is -1.69. The Balaban J connectivity index is 2.67. The van der Waals surface area contributed by atoms with E-state index in [-0.39, 0.29) is 11.7 Å². The van der Waals surface area contributed by atoms with Gasteiger partial charge >= 0.3 is 0 Å². The van der Waals surface area contributed by atoms with Gasteiger partial charge in [0.15, 0.2) is 0 Å². The summed E-state index contributed by atoms with van der Waals surface area (Å²) in [5.41, 5.74) is 11.7. The molecule has 1 rings (SSSR count). The fourth-order valence-electron chi connectivity index (χ4n) is 1.32. The Kier molecular flexibility index (Phi) is 5.51. The second kappa shape index (κ2) is 6.90. The van der Waals surface area contributed by atoms with Gasteiger partial charge in [-0.05, 0) is 24.6 Å². The number of benzene rings is 1. The number of primary amides is 1. The normalized spacial score (nSPS) is 10.1. The summed E-state index contributed by atoms with van der Waals surface area (Å²) in [6, 6.07) is 4.90. The highest BCUT2D eigenvalue weighted by atomic mass is 32.2. The van der Waals surface area contributed by atoms with E-state index in [1.807, 2.05) is 6.92 Å². The SMILES string of the molecule is CCCNC(=O)CSc1ccc(N)cc1C(N)=O. The third kappa shape index (κ3) is 4.29. The van der Waals surface area contributed by atoms with Crippen molar-refractivity contribution in [2.45, 2.75) is 18.2 Å². The van der Waals surface area contributed by atoms with Crippen LogP contribution in [0.5, 0.6) is 0 Å². The van der Waals surface area contributed by atoms with Crippen LogP contribution in [0.1, 0.15) is 23.7 Å². The van der Waals surface area contributed by atoms with Crippen molar-refractivity contribution in [1.29, 1.82) is 0 Å². The molecule has 5 N–H and O–H groups in total. The van der Waals surface area contributed by atoms with Crippen LogP contribution in [0.4, 0.5) is 5.69 Å². The van der Waals surface area contributed by atoms with E-state index in [1.54, 1.807) is 12.1 Å². The summed E-state index contributed by atoms with van der Waals surface area (Å²) in [6.45, 7) is 2.64. The minimum atomic E-state index is -0.543. The Morgan fingerprint density at radius 2 is 2.11 bits per heavy atom. The van der Waals surface area contributed by atoms with Crippen LogP contribution in [0.2, 0.25) is 0 Å². The minimum absolute atomic E-state index is 0.0610. The number of nitrogens with one attached hydrogen (secondary N) is 1. The first-order valence-corrected chi connectivity index (χ1v) is 6.62. The molecule has 0 aromatic heterocycles. The average Bonchev–Trinajstić information content (AvgIpc) is 2.34. The molecular weight excluding hydrogens is 250 g/mol. The van der Waals surface area contributed by atoms with Crippen molar-refractivity contribution in [3.05, 3.63) is 23.8 Å². The summed E-state index contributed by atoms with van der Waals surface area (Å²) in [6.07, 6.45) is 0.894. The third-order valence-electron chi connectivity index (χ3n) is 2.20. The van der Waals surface area contributed by atoms with Crippen LogP contribution in [0.3, 0.4) is 0 Å². The molecule has 18 heavy (non-hydrogen) atoms. The molecular formula is C12H17N3O2S. The van der Waals surface area contributed by atoms with Crippen molar-refractivity contribution in [3.63, 3.8) is 0 Å². The van der Waals surface area contributed by atoms with Gasteiger partial charge in [0.25, 0.3) is 0 Å². The summed E-state index contributed by atoms with van der Waals surface area (Å²) < 4.78 is 0. The molecule has 0 heterocycles. The van der Waals surface area contributed by atoms with E-state index in [2.05, 4.69) is 5.32 Å². The minimum Gasteiger partial charge on any atom is -0.399 e. The number of anilines is 1. The van der Waals surface area contributed by atoms with Crippen LogP contribution >= 0.6 is 11.8 Å². The zero-order valence-electron chi connectivity index (χ0n) is 10.2. The number of hydrogen-bond donors (Lipinski definition) is 3. The maximum atomic E-state index is 11.5. The van der Waals surface area contributed by atoms with E-state index in [9.17, 15) is 9.59 Å². The Labute approximate surface area is 110 Å². The average molecular weight is 267 g/mol. The first-order chi connectivity index (χ1) is 8.54. The fraction of sp³-hybridized carbons (Fsp3) is 0.333. The van der Waals surface area contributed by atoms with Gasteiger partial charge in [0, 0.05) is 17.1 Å². The summed E-state index contributed by atoms with van der Waals surface area (Å²) in [5, 5.41) is 2.76. The quantitative estimate of drug-likeness (QED) is 0.528. The number of rotatable bonds is 6. The number of nitrogen functional groups attached to an aromatic ring is 1. The molecule has 0 radical (unpaired) electrons. The van der Waals surface area contributed by atoms with Crippen molar-refractivity contribution in [1.82, 2.24) is 5.32 Å². The summed E-state index contributed by atoms with van der Waals surface area (Å²) >= 11 is 1.27. The van der Waals surface area contributed by atoms with Crippen molar-refractivity contribution < 1.29 is 9.59 Å². The second-order valence-electron chi connectivity index (χ2n) is 3.76. The predicted molar refractivity (Wildman–Crippen MR) is 73.4 cm³/mol. The zero-order chi connectivity index (χ0) is 13.5. The largest absolute Gasteiger partial charge is 0.399 e. The van der Waals surface area contributed by atoms with E-state index in [4.69, 9.17) is 11.5 Å². The number of amides is 2. The molecule has 0 fully saturated rings. The lowest BCUT2D eigenvalue weighted by Crippen LogP contribution is -2.25. The van der Waals surface area contributed by atoms with Crippen LogP contribution < -0.4 is 16.8 Å². The van der Waals surface area contributed by atoms with Crippen LogP contribution in [-0.4, -0.2) is 24.1 Å². The molecule has 0 atom stereocenters. The molecule has 1 aromatic rings. The van der Waals surface area contributed by atoms with Crippen LogP contribution in [0.15, 0.2) is 23.1 Å². The number of hydrogen-bond acceptors (Lipinski definition) is 4. The molecule has 1 aromatic carbocycles. The zero-order valence-corrected chi connectivity index (χ0v) is 11.0. The number of thioether (sulfide) groups is 1. The van der Waals surface area contributed by atoms with Crippen molar-refractivity contribution in [2.75, 3.05) is 18.0 Å². The first kappa shape index (κ1) is 14.4. The number of carbonyl (C=O) groups is 2. The lowest BCUT2D eigenvalue weighted by molar-refractivity contribution is -0.118. The van der Waals surface area contributed by atoms with Gasteiger partial charge in [-0.1, -0.05) is 6.92 Å². The summed E-state index contributed by atoms with van der Waals surface area (Å²) in [7, 11) is 0. The molecule has 0 aliphatic rings. The van der Waals surface area contributed by atoms with Gasteiger partial charge < -0.3 is 16.8 Å². The highest BCUT2D eigenvalue weighted by Crippen LogP contribution is 2.24. The highest BCUT2D eigenvalue weighted by Gasteiger charge is 2.10. The van der Waals surface area contributed by atoms with Gasteiger partial charge in [-0.15, -0.1) is 11.8 Å². The van der Waals surface area contributed by atoms with Gasteiger partial charge in [0.1, 0.15) is 0 Å². The Morgan fingerprint density at radius 1 is 1.39 bits per heavy atom. The summed E-state index contributed by atoms with van der Waals surface area (Å²) in [4.78, 5) is 23.4. The third-order valence-corrected chi connectivity index (χ3v) is 3.27. The molecule has 0 saturated heterocycles. The first-order valence-electron chi connectivity index (χ1n) is 5.63. The van der Waals surface area contributed by atoms with Crippen LogP contribution in [0.25, 0.3) is 0 Å². The molecule has 0 bridgehead atoms. The van der Waals surface area contributed by atoms with Gasteiger partial charge in [-0.25, -0.2) is 0 Å². The lowest BCUT2D eigenvalue weighted by Gasteiger charge is -2.07. The molecule has 0 spiro atoms. The van der Waals surface area contributed by atoms with E-state index < -0.39 is 5.91 Å². The van der Waals surface area contributed by atoms with Crippen molar-refractivity contribution in [2.24, 2.45) is 5.73 Å². The molecule has 2 amide bonds. The topological polar surface area (TPSA) is 98.2 Å². The maximum Gasteiger partial charge on any atom is 0.249 e. The molecule has 0 aliphatic carbocycles. The van der Waals surface area contributed by atoms with E-state index in [0.717, 1.165) is 6.42 Å². The predicted octanol–water partition coefficient (Wildman–Crippen LogP) is 0.986. The smallest absolute Gasteiger partial charge is 0.249 e. The molecule has 0 aliphatic heterocycles. The standard InChI is InChI=1S/C12H17N3O2S/c1-2-5-15-11(16)7-18-10-4-3-8(13)6-9(10)12(14)17/h3-4,6H,2,5,7,13H2,1H3,(H2,14,17)(H,15,16). The molecule has 98 valence electrons. The van der Waals surface area contributed by atoms with Gasteiger partial charge in [-0.3, -0.25) is 9.59 Å². The van der Waals surface area contributed by atoms with Gasteiger partial charge in [0.05, 0.1) is 11.3 Å². The van der Waals surface area contributed by atoms with Crippen molar-refractivity contribution >= 4 is 29.3 Å². The molecule has 5 nitrogen and oxygen atoms in total. The van der Waals surface area contributed by atoms with E-state index in [1.165, 1.54) is 17.8 Å². The molecule has 6 heteroatoms. The fourth-order valence-corrected chi connectivity index (χ4v) is 2.19. The van der Waals surface area contributed by atoms with Crippen LogP contribution in [0, 0.1) is 0 Å². The van der Waals surface area contributed by atoms with Crippen LogP contribution in [-0.2, 0) is 4.79 Å². The monoisotopic (exact) mass is 267 g/mol. The Morgan fingerprint density at radius 3 is 2.72 bits per heavy atom. The van der Waals surface area contributed by atoms with E-state index in [0.29, 0.717) is 22.7 Å². The maximum absolute atomic E-state index is 11.5. The van der Waals surface area contributed by atoms with Gasteiger partial charge in [-0.2, -0.15) is 0 Å². The number of nitrogens with two attached hydrogens (primary N) is 2. The lowest BCUT2D eigenvalue weighted by atomic mass is 10.2. The molecule has 0 unspecified atom stereocenters. The van der Waals surface area contributed by atoms with E-state index >= 15 is 0 Å². The van der Waals surface area contributed by atoms with Gasteiger partial charge in [0.2, 0.25) is 11.8 Å². The van der Waals surface area contributed by atoms with Crippen molar-refractivity contribution in [3.8, 4) is 0 Å². The second-order valence-corrected chi connectivity index (χ2v) is 4.78.